The molecular weight excluding hydrogens is 306 g/mol. The number of rotatable bonds is 2. The van der Waals surface area contributed by atoms with Crippen LogP contribution in [0.15, 0.2) is 36.4 Å². The fraction of sp³-hybridized carbons (Fsp3) is 0.158. The molecule has 1 aliphatic carbocycles. The first-order valence-electron chi connectivity index (χ1n) is 7.51. The average molecular weight is 321 g/mol. The number of aryl methyl sites for hydroxylation is 1. The Hall–Kier alpha value is -3.08. The van der Waals surface area contributed by atoms with Crippen LogP contribution in [0.25, 0.3) is 10.9 Å². The van der Waals surface area contributed by atoms with E-state index in [1.165, 1.54) is 7.11 Å². The van der Waals surface area contributed by atoms with Crippen molar-refractivity contribution in [2.75, 3.05) is 14.2 Å². The van der Waals surface area contributed by atoms with E-state index in [-0.39, 0.29) is 11.6 Å². The molecule has 5 nitrogen and oxygen atoms in total. The number of ether oxygens (including phenoxy) is 2. The Labute approximate surface area is 138 Å². The van der Waals surface area contributed by atoms with Crippen molar-refractivity contribution < 1.29 is 19.1 Å². The Kier molecular flexibility index (Phi) is 3.00. The number of aromatic nitrogens is 1. The molecule has 1 aliphatic rings. The van der Waals surface area contributed by atoms with Crippen LogP contribution < -0.4 is 9.47 Å². The molecule has 3 aromatic rings. The zero-order valence-corrected chi connectivity index (χ0v) is 13.5. The number of methoxy groups -OCH3 is 2. The predicted octanol–water partition coefficient (Wildman–Crippen LogP) is 2.97. The lowest BCUT2D eigenvalue weighted by atomic mass is 9.86. The summed E-state index contributed by atoms with van der Waals surface area (Å²) < 4.78 is 12.5. The highest BCUT2D eigenvalue weighted by molar-refractivity contribution is 6.32. The Morgan fingerprint density at radius 3 is 2.21 bits per heavy atom. The van der Waals surface area contributed by atoms with Gasteiger partial charge in [-0.25, -0.2) is 0 Å². The molecule has 1 aromatic heterocycles. The lowest BCUT2D eigenvalue weighted by Gasteiger charge is -2.15. The summed E-state index contributed by atoms with van der Waals surface area (Å²) in [5.41, 5.74) is 2.38. The summed E-state index contributed by atoms with van der Waals surface area (Å²) in [4.78, 5) is 26.0. The molecule has 0 atom stereocenters. The third-order valence-corrected chi connectivity index (χ3v) is 4.55. The summed E-state index contributed by atoms with van der Waals surface area (Å²) in [6.45, 7) is 0. The third kappa shape index (κ3) is 1.69. The van der Waals surface area contributed by atoms with Crippen molar-refractivity contribution in [1.29, 1.82) is 0 Å². The molecular formula is C19H15NO4. The van der Waals surface area contributed by atoms with Crippen molar-refractivity contribution in [2.24, 2.45) is 7.05 Å². The van der Waals surface area contributed by atoms with Crippen molar-refractivity contribution in [1.82, 2.24) is 4.57 Å². The summed E-state index contributed by atoms with van der Waals surface area (Å²) in [5, 5.41) is 0.642. The van der Waals surface area contributed by atoms with Gasteiger partial charge in [0.05, 0.1) is 30.7 Å². The summed E-state index contributed by atoms with van der Waals surface area (Å²) >= 11 is 0. The van der Waals surface area contributed by atoms with E-state index in [0.717, 1.165) is 5.52 Å². The molecule has 0 bridgehead atoms. The summed E-state index contributed by atoms with van der Waals surface area (Å²) in [5.74, 6) is 0.811. The van der Waals surface area contributed by atoms with E-state index < -0.39 is 0 Å². The number of carbonyl (C=O) groups excluding carboxylic acids is 2. The van der Waals surface area contributed by atoms with E-state index in [1.54, 1.807) is 55.1 Å². The van der Waals surface area contributed by atoms with Gasteiger partial charge in [-0.3, -0.25) is 9.59 Å². The van der Waals surface area contributed by atoms with E-state index >= 15 is 0 Å². The van der Waals surface area contributed by atoms with Gasteiger partial charge in [0.15, 0.2) is 5.78 Å². The molecule has 0 saturated carbocycles. The van der Waals surface area contributed by atoms with Crippen molar-refractivity contribution in [3.05, 3.63) is 58.8 Å². The summed E-state index contributed by atoms with van der Waals surface area (Å²) in [6.07, 6.45) is 0. The van der Waals surface area contributed by atoms with Gasteiger partial charge in [0.25, 0.3) is 0 Å². The first-order valence-corrected chi connectivity index (χ1v) is 7.51. The zero-order valence-electron chi connectivity index (χ0n) is 13.5. The minimum Gasteiger partial charge on any atom is -0.497 e. The van der Waals surface area contributed by atoms with Crippen LogP contribution in [0.3, 0.4) is 0 Å². The Bertz CT molecular complexity index is 1030. The first kappa shape index (κ1) is 14.5. The molecule has 1 heterocycles. The van der Waals surface area contributed by atoms with Crippen molar-refractivity contribution >= 4 is 22.5 Å². The number of benzene rings is 2. The van der Waals surface area contributed by atoms with Crippen molar-refractivity contribution in [2.45, 2.75) is 0 Å². The fourth-order valence-corrected chi connectivity index (χ4v) is 3.41. The van der Waals surface area contributed by atoms with Gasteiger partial charge in [-0.1, -0.05) is 24.3 Å². The molecule has 0 spiro atoms. The normalized spacial score (nSPS) is 13.0. The van der Waals surface area contributed by atoms with Gasteiger partial charge in [0.1, 0.15) is 17.2 Å². The SMILES string of the molecule is COc1cc(OC)c2c3c(n(C)c2c1)C(=O)c1ccccc1C3=O. The van der Waals surface area contributed by atoms with E-state index in [9.17, 15) is 9.59 Å². The van der Waals surface area contributed by atoms with E-state index in [1.807, 2.05) is 0 Å². The van der Waals surface area contributed by atoms with Gasteiger partial charge in [-0.05, 0) is 0 Å². The second-order valence-corrected chi connectivity index (χ2v) is 5.71. The van der Waals surface area contributed by atoms with Gasteiger partial charge < -0.3 is 14.0 Å². The van der Waals surface area contributed by atoms with Crippen LogP contribution in [0, 0.1) is 0 Å². The van der Waals surface area contributed by atoms with Crippen LogP contribution in [0.5, 0.6) is 11.5 Å². The van der Waals surface area contributed by atoms with E-state index in [0.29, 0.717) is 39.3 Å². The Balaban J connectivity index is 2.16. The smallest absolute Gasteiger partial charge is 0.210 e. The highest BCUT2D eigenvalue weighted by Crippen LogP contribution is 2.40. The molecule has 0 saturated heterocycles. The minimum absolute atomic E-state index is 0.153. The molecule has 0 N–H and O–H groups in total. The lowest BCUT2D eigenvalue weighted by Crippen LogP contribution is -2.22. The maximum Gasteiger partial charge on any atom is 0.210 e. The largest absolute Gasteiger partial charge is 0.497 e. The van der Waals surface area contributed by atoms with Crippen LogP contribution in [-0.4, -0.2) is 30.4 Å². The molecule has 5 heteroatoms. The molecule has 0 radical (unpaired) electrons. The average Bonchev–Trinajstić information content (AvgIpc) is 2.92. The number of hydrogen-bond donors (Lipinski definition) is 0. The molecule has 0 aliphatic heterocycles. The Morgan fingerprint density at radius 2 is 1.58 bits per heavy atom. The molecule has 0 amide bonds. The topological polar surface area (TPSA) is 57.5 Å². The second-order valence-electron chi connectivity index (χ2n) is 5.71. The second kappa shape index (κ2) is 4.96. The highest BCUT2D eigenvalue weighted by atomic mass is 16.5. The Morgan fingerprint density at radius 1 is 0.917 bits per heavy atom. The third-order valence-electron chi connectivity index (χ3n) is 4.55. The standard InChI is InChI=1S/C19H15NO4/c1-20-13-8-10(23-2)9-14(24-3)15(13)16-17(20)19(22)12-7-5-4-6-11(12)18(16)21/h4-9H,1-3H3. The van der Waals surface area contributed by atoms with Gasteiger partial charge in [0.2, 0.25) is 5.78 Å². The minimum atomic E-state index is -0.158. The summed E-state index contributed by atoms with van der Waals surface area (Å²) in [6, 6.07) is 10.4. The zero-order chi connectivity index (χ0) is 17.0. The van der Waals surface area contributed by atoms with Gasteiger partial charge in [-0.2, -0.15) is 0 Å². The van der Waals surface area contributed by atoms with Crippen molar-refractivity contribution in [3.8, 4) is 11.5 Å². The van der Waals surface area contributed by atoms with Gasteiger partial charge in [0, 0.05) is 30.3 Å². The van der Waals surface area contributed by atoms with Gasteiger partial charge in [-0.15, -0.1) is 0 Å². The van der Waals surface area contributed by atoms with Crippen LogP contribution in [0.1, 0.15) is 32.0 Å². The maximum atomic E-state index is 13.1. The summed E-state index contributed by atoms with van der Waals surface area (Å²) in [7, 11) is 4.88. The molecule has 120 valence electrons. The van der Waals surface area contributed by atoms with Crippen LogP contribution in [0.4, 0.5) is 0 Å². The van der Waals surface area contributed by atoms with Crippen LogP contribution in [0.2, 0.25) is 0 Å². The number of ketones is 2. The number of hydrogen-bond acceptors (Lipinski definition) is 4. The quantitative estimate of drug-likeness (QED) is 0.569. The monoisotopic (exact) mass is 321 g/mol. The number of fused-ring (bicyclic) bond motifs is 4. The van der Waals surface area contributed by atoms with E-state index in [4.69, 9.17) is 9.47 Å². The molecule has 24 heavy (non-hydrogen) atoms. The van der Waals surface area contributed by atoms with Gasteiger partial charge >= 0.3 is 0 Å². The van der Waals surface area contributed by atoms with E-state index in [2.05, 4.69) is 0 Å². The van der Waals surface area contributed by atoms with Crippen molar-refractivity contribution in [3.63, 3.8) is 0 Å². The first-order chi connectivity index (χ1) is 11.6. The molecule has 0 unspecified atom stereocenters. The lowest BCUT2D eigenvalue weighted by molar-refractivity contribution is 0.0975. The molecule has 2 aromatic carbocycles. The van der Waals surface area contributed by atoms with Crippen LogP contribution >= 0.6 is 0 Å². The van der Waals surface area contributed by atoms with Crippen LogP contribution in [-0.2, 0) is 7.05 Å². The number of nitrogens with zero attached hydrogens (tertiary/aromatic N) is 1. The fourth-order valence-electron chi connectivity index (χ4n) is 3.41. The highest BCUT2D eigenvalue weighted by Gasteiger charge is 2.35. The number of carbonyl (C=O) groups is 2. The molecule has 4 rings (SSSR count). The molecule has 0 fully saturated rings. The maximum absolute atomic E-state index is 13.1. The predicted molar refractivity (Wildman–Crippen MR) is 89.3 cm³/mol.